The molecule has 2 aromatic heterocycles. The molecule has 5 rings (SSSR count). The average molecular weight is 505 g/mol. The molecule has 182 valence electrons. The van der Waals surface area contributed by atoms with Gasteiger partial charge >= 0.3 is 5.97 Å². The Morgan fingerprint density at radius 1 is 1.00 bits per heavy atom. The van der Waals surface area contributed by atoms with Gasteiger partial charge in [0.1, 0.15) is 16.9 Å². The third-order valence-corrected chi connectivity index (χ3v) is 5.81. The van der Waals surface area contributed by atoms with Gasteiger partial charge in [-0.25, -0.2) is 4.98 Å². The molecule has 5 aromatic rings. The molecule has 0 aliphatic carbocycles. The summed E-state index contributed by atoms with van der Waals surface area (Å²) in [5.41, 5.74) is 2.58. The van der Waals surface area contributed by atoms with E-state index in [9.17, 15) is 9.59 Å². The van der Waals surface area contributed by atoms with Crippen molar-refractivity contribution in [2.75, 3.05) is 19.0 Å². The maximum absolute atomic E-state index is 12.4. The van der Waals surface area contributed by atoms with E-state index in [1.54, 1.807) is 30.5 Å². The Labute approximate surface area is 210 Å². The maximum Gasteiger partial charge on any atom is 0.306 e. The standard InChI is InChI=1S/C27H21ClN2O6/c1-33-23-12-19-18-4-2-3-5-21(18)35-22(19)13-20(23)30-25(31)15-34-27(32)11-10-26-29-14-24(36-26)16-6-8-17(28)9-7-16/h2-9,12-14H,10-11,15H2,1H3,(H,30,31). The summed E-state index contributed by atoms with van der Waals surface area (Å²) in [5.74, 6) is 0.387. The zero-order chi connectivity index (χ0) is 25.1. The van der Waals surface area contributed by atoms with Crippen molar-refractivity contribution in [2.24, 2.45) is 0 Å². The summed E-state index contributed by atoms with van der Waals surface area (Å²) in [6.07, 6.45) is 1.84. The monoisotopic (exact) mass is 504 g/mol. The molecule has 0 aliphatic heterocycles. The fourth-order valence-electron chi connectivity index (χ4n) is 3.80. The van der Waals surface area contributed by atoms with Gasteiger partial charge in [0.15, 0.2) is 18.3 Å². The van der Waals surface area contributed by atoms with E-state index in [2.05, 4.69) is 10.3 Å². The van der Waals surface area contributed by atoms with Crippen molar-refractivity contribution < 1.29 is 27.9 Å². The number of aryl methyl sites for hydroxylation is 1. The molecule has 9 heteroatoms. The number of ether oxygens (including phenoxy) is 2. The highest BCUT2D eigenvalue weighted by Crippen LogP contribution is 2.36. The van der Waals surface area contributed by atoms with E-state index in [0.717, 1.165) is 21.9 Å². The number of oxazole rings is 1. The van der Waals surface area contributed by atoms with Gasteiger partial charge < -0.3 is 23.6 Å². The summed E-state index contributed by atoms with van der Waals surface area (Å²) in [4.78, 5) is 28.8. The average Bonchev–Trinajstić information content (AvgIpc) is 3.50. The molecule has 0 aliphatic rings. The van der Waals surface area contributed by atoms with E-state index in [4.69, 9.17) is 29.9 Å². The van der Waals surface area contributed by atoms with Crippen LogP contribution in [-0.2, 0) is 20.7 Å². The lowest BCUT2D eigenvalue weighted by Crippen LogP contribution is -2.21. The highest BCUT2D eigenvalue weighted by atomic mass is 35.5. The van der Waals surface area contributed by atoms with Crippen LogP contribution in [0.1, 0.15) is 12.3 Å². The molecule has 0 bridgehead atoms. The molecule has 8 nitrogen and oxygen atoms in total. The van der Waals surface area contributed by atoms with Crippen LogP contribution in [0.15, 0.2) is 75.7 Å². The number of rotatable bonds is 8. The number of furan rings is 1. The number of amides is 1. The number of hydrogen-bond acceptors (Lipinski definition) is 7. The predicted molar refractivity (Wildman–Crippen MR) is 135 cm³/mol. The molecule has 0 saturated heterocycles. The van der Waals surface area contributed by atoms with Crippen LogP contribution in [0.2, 0.25) is 5.02 Å². The highest BCUT2D eigenvalue weighted by Gasteiger charge is 2.16. The molecule has 1 amide bonds. The topological polar surface area (TPSA) is 104 Å². The third-order valence-electron chi connectivity index (χ3n) is 5.56. The Kier molecular flexibility index (Phi) is 6.60. The van der Waals surface area contributed by atoms with Crippen LogP contribution in [0.5, 0.6) is 5.75 Å². The molecule has 0 radical (unpaired) electrons. The largest absolute Gasteiger partial charge is 0.495 e. The summed E-state index contributed by atoms with van der Waals surface area (Å²) in [7, 11) is 1.51. The van der Waals surface area contributed by atoms with Crippen LogP contribution in [-0.4, -0.2) is 30.6 Å². The van der Waals surface area contributed by atoms with Crippen molar-refractivity contribution in [3.8, 4) is 17.1 Å². The SMILES string of the molecule is COc1cc2c(cc1NC(=O)COC(=O)CCc1ncc(-c3ccc(Cl)cc3)o1)oc1ccccc12. The molecule has 0 atom stereocenters. The quantitative estimate of drug-likeness (QED) is 0.258. The lowest BCUT2D eigenvalue weighted by Gasteiger charge is -2.10. The lowest BCUT2D eigenvalue weighted by atomic mass is 10.1. The highest BCUT2D eigenvalue weighted by molar-refractivity contribution is 6.30. The van der Waals surface area contributed by atoms with Gasteiger partial charge in [-0.1, -0.05) is 29.8 Å². The molecular weight excluding hydrogens is 484 g/mol. The van der Waals surface area contributed by atoms with E-state index in [-0.39, 0.29) is 12.8 Å². The molecular formula is C27H21ClN2O6. The van der Waals surface area contributed by atoms with E-state index in [0.29, 0.717) is 33.7 Å². The predicted octanol–water partition coefficient (Wildman–Crippen LogP) is 6.02. The first-order valence-electron chi connectivity index (χ1n) is 11.2. The summed E-state index contributed by atoms with van der Waals surface area (Å²) in [5, 5.41) is 5.16. The molecule has 0 unspecified atom stereocenters. The number of esters is 1. The van der Waals surface area contributed by atoms with Gasteiger partial charge in [-0.05, 0) is 36.4 Å². The lowest BCUT2D eigenvalue weighted by molar-refractivity contribution is -0.147. The zero-order valence-electron chi connectivity index (χ0n) is 19.2. The zero-order valence-corrected chi connectivity index (χ0v) is 20.0. The molecule has 2 heterocycles. The normalized spacial score (nSPS) is 11.1. The van der Waals surface area contributed by atoms with Crippen LogP contribution in [0.25, 0.3) is 33.3 Å². The summed E-state index contributed by atoms with van der Waals surface area (Å²) in [6, 6.07) is 18.3. The molecule has 0 fully saturated rings. The number of nitrogens with zero attached hydrogens (tertiary/aromatic N) is 1. The fraction of sp³-hybridized carbons (Fsp3) is 0.148. The van der Waals surface area contributed by atoms with E-state index in [1.807, 2.05) is 36.4 Å². The second-order valence-corrected chi connectivity index (χ2v) is 8.42. The van der Waals surface area contributed by atoms with Crippen molar-refractivity contribution in [1.29, 1.82) is 0 Å². The molecule has 36 heavy (non-hydrogen) atoms. The minimum atomic E-state index is -0.545. The first-order valence-corrected chi connectivity index (χ1v) is 11.5. The number of anilines is 1. The van der Waals surface area contributed by atoms with Crippen molar-refractivity contribution in [3.05, 3.63) is 77.8 Å². The minimum absolute atomic E-state index is 0.0160. The third kappa shape index (κ3) is 5.04. The second-order valence-electron chi connectivity index (χ2n) is 7.98. The summed E-state index contributed by atoms with van der Waals surface area (Å²) >= 11 is 5.90. The van der Waals surface area contributed by atoms with Gasteiger partial charge in [0.2, 0.25) is 0 Å². The Balaban J connectivity index is 1.16. The number of para-hydroxylation sites is 1. The van der Waals surface area contributed by atoms with Gasteiger partial charge in [-0.3, -0.25) is 9.59 Å². The Morgan fingerprint density at radius 3 is 2.61 bits per heavy atom. The first kappa shape index (κ1) is 23.4. The smallest absolute Gasteiger partial charge is 0.306 e. The number of hydrogen-bond donors (Lipinski definition) is 1. The molecule has 1 N–H and O–H groups in total. The van der Waals surface area contributed by atoms with Crippen LogP contribution < -0.4 is 10.1 Å². The van der Waals surface area contributed by atoms with Crippen LogP contribution in [0.4, 0.5) is 5.69 Å². The van der Waals surface area contributed by atoms with Crippen molar-refractivity contribution in [3.63, 3.8) is 0 Å². The van der Waals surface area contributed by atoms with E-state index < -0.39 is 18.5 Å². The molecule has 0 spiro atoms. The summed E-state index contributed by atoms with van der Waals surface area (Å²) in [6.45, 7) is -0.443. The minimum Gasteiger partial charge on any atom is -0.495 e. The molecule has 0 saturated carbocycles. The number of aromatic nitrogens is 1. The van der Waals surface area contributed by atoms with Gasteiger partial charge in [-0.2, -0.15) is 0 Å². The molecule has 3 aromatic carbocycles. The second kappa shape index (κ2) is 10.1. The maximum atomic E-state index is 12.4. The fourth-order valence-corrected chi connectivity index (χ4v) is 3.93. The number of halogens is 1. The van der Waals surface area contributed by atoms with E-state index >= 15 is 0 Å². The van der Waals surface area contributed by atoms with Gasteiger partial charge in [0, 0.05) is 33.8 Å². The van der Waals surface area contributed by atoms with Crippen LogP contribution >= 0.6 is 11.6 Å². The van der Waals surface area contributed by atoms with Gasteiger partial charge in [0.25, 0.3) is 5.91 Å². The van der Waals surface area contributed by atoms with Crippen molar-refractivity contribution in [1.82, 2.24) is 4.98 Å². The number of carbonyl (C=O) groups is 2. The van der Waals surface area contributed by atoms with Crippen molar-refractivity contribution in [2.45, 2.75) is 12.8 Å². The Morgan fingerprint density at radius 2 is 1.81 bits per heavy atom. The van der Waals surface area contributed by atoms with Gasteiger partial charge in [-0.15, -0.1) is 0 Å². The van der Waals surface area contributed by atoms with Crippen LogP contribution in [0, 0.1) is 0 Å². The number of carbonyl (C=O) groups excluding carboxylic acids is 2. The van der Waals surface area contributed by atoms with Gasteiger partial charge in [0.05, 0.1) is 25.4 Å². The number of benzene rings is 3. The number of methoxy groups -OCH3 is 1. The Bertz CT molecular complexity index is 1550. The Hall–Kier alpha value is -4.30. The van der Waals surface area contributed by atoms with E-state index in [1.165, 1.54) is 7.11 Å². The van der Waals surface area contributed by atoms with Crippen molar-refractivity contribution >= 4 is 51.1 Å². The van der Waals surface area contributed by atoms with Crippen LogP contribution in [0.3, 0.4) is 0 Å². The number of nitrogens with one attached hydrogen (secondary N) is 1. The first-order chi connectivity index (χ1) is 17.5. The number of fused-ring (bicyclic) bond motifs is 3. The summed E-state index contributed by atoms with van der Waals surface area (Å²) < 4.78 is 22.1.